The van der Waals surface area contributed by atoms with Gasteiger partial charge in [-0.25, -0.2) is 0 Å². The fourth-order valence-electron chi connectivity index (χ4n) is 1.96. The van der Waals surface area contributed by atoms with Crippen LogP contribution in [-0.4, -0.2) is 13.7 Å². The lowest BCUT2D eigenvalue weighted by Crippen LogP contribution is -2.11. The summed E-state index contributed by atoms with van der Waals surface area (Å²) in [6.07, 6.45) is 0. The molecular formula is C17H21NOS. The Morgan fingerprint density at radius 1 is 1.05 bits per heavy atom. The summed E-state index contributed by atoms with van der Waals surface area (Å²) >= 11 is 1.84. The molecule has 0 bridgehead atoms. The normalized spacial score (nSPS) is 10.5. The van der Waals surface area contributed by atoms with Gasteiger partial charge < -0.3 is 10.1 Å². The van der Waals surface area contributed by atoms with Gasteiger partial charge in [-0.15, -0.1) is 11.8 Å². The molecule has 106 valence electrons. The van der Waals surface area contributed by atoms with Crippen LogP contribution in [0, 0.1) is 0 Å². The van der Waals surface area contributed by atoms with E-state index in [1.54, 1.807) is 7.11 Å². The third kappa shape index (κ3) is 4.29. The van der Waals surface area contributed by atoms with E-state index in [1.165, 1.54) is 16.0 Å². The van der Waals surface area contributed by atoms with E-state index in [0.29, 0.717) is 0 Å². The van der Waals surface area contributed by atoms with Crippen molar-refractivity contribution in [1.29, 1.82) is 0 Å². The van der Waals surface area contributed by atoms with E-state index in [-0.39, 0.29) is 0 Å². The van der Waals surface area contributed by atoms with E-state index in [0.717, 1.165) is 24.6 Å². The molecule has 2 aromatic carbocycles. The van der Waals surface area contributed by atoms with Gasteiger partial charge in [0.2, 0.25) is 0 Å². The molecular weight excluding hydrogens is 266 g/mol. The zero-order valence-electron chi connectivity index (χ0n) is 12.1. The minimum absolute atomic E-state index is 0.927. The summed E-state index contributed by atoms with van der Waals surface area (Å²) in [6, 6.07) is 16.9. The molecule has 0 amide bonds. The maximum Gasteiger partial charge on any atom is 0.122 e. The summed E-state index contributed by atoms with van der Waals surface area (Å²) in [6.45, 7) is 4.07. The predicted octanol–water partition coefficient (Wildman–Crippen LogP) is 4.10. The van der Waals surface area contributed by atoms with Crippen LogP contribution < -0.4 is 10.1 Å². The average Bonchev–Trinajstić information content (AvgIpc) is 2.52. The number of hydrogen-bond donors (Lipinski definition) is 1. The van der Waals surface area contributed by atoms with Crippen molar-refractivity contribution in [1.82, 2.24) is 5.32 Å². The van der Waals surface area contributed by atoms with Crippen molar-refractivity contribution < 1.29 is 4.74 Å². The van der Waals surface area contributed by atoms with Crippen molar-refractivity contribution in [2.45, 2.75) is 24.1 Å². The third-order valence-electron chi connectivity index (χ3n) is 3.09. The van der Waals surface area contributed by atoms with Crippen LogP contribution in [0.2, 0.25) is 0 Å². The van der Waals surface area contributed by atoms with Crippen LogP contribution in [0.3, 0.4) is 0 Å². The molecule has 0 aliphatic heterocycles. The maximum absolute atomic E-state index is 5.38. The number of rotatable bonds is 7. The number of hydrogen-bond acceptors (Lipinski definition) is 3. The van der Waals surface area contributed by atoms with Crippen molar-refractivity contribution >= 4 is 11.8 Å². The van der Waals surface area contributed by atoms with Gasteiger partial charge in [-0.2, -0.15) is 0 Å². The molecule has 2 nitrogen and oxygen atoms in total. The molecule has 0 unspecified atom stereocenters. The Morgan fingerprint density at radius 3 is 2.50 bits per heavy atom. The van der Waals surface area contributed by atoms with E-state index >= 15 is 0 Å². The van der Waals surface area contributed by atoms with E-state index < -0.39 is 0 Å². The van der Waals surface area contributed by atoms with Crippen molar-refractivity contribution in [2.24, 2.45) is 0 Å². The molecule has 2 rings (SSSR count). The van der Waals surface area contributed by atoms with Crippen LogP contribution in [-0.2, 0) is 12.3 Å². The highest BCUT2D eigenvalue weighted by Crippen LogP contribution is 2.27. The number of para-hydroxylation sites is 1. The van der Waals surface area contributed by atoms with Gasteiger partial charge in [-0.1, -0.05) is 37.3 Å². The molecule has 0 aliphatic carbocycles. The Hall–Kier alpha value is -1.45. The summed E-state index contributed by atoms with van der Waals surface area (Å²) in [4.78, 5) is 1.29. The third-order valence-corrected chi connectivity index (χ3v) is 4.15. The highest BCUT2D eigenvalue weighted by Gasteiger charge is 2.02. The molecule has 1 N–H and O–H groups in total. The molecule has 0 spiro atoms. The topological polar surface area (TPSA) is 21.3 Å². The monoisotopic (exact) mass is 287 g/mol. The Balaban J connectivity index is 1.93. The second kappa shape index (κ2) is 7.98. The first kappa shape index (κ1) is 14.9. The largest absolute Gasteiger partial charge is 0.496 e. The maximum atomic E-state index is 5.38. The van der Waals surface area contributed by atoms with Gasteiger partial charge in [0.15, 0.2) is 0 Å². The lowest BCUT2D eigenvalue weighted by molar-refractivity contribution is 0.411. The smallest absolute Gasteiger partial charge is 0.122 e. The molecule has 0 aliphatic rings. The van der Waals surface area contributed by atoms with Crippen molar-refractivity contribution in [3.8, 4) is 5.75 Å². The zero-order valence-corrected chi connectivity index (χ0v) is 12.9. The van der Waals surface area contributed by atoms with Crippen LogP contribution in [0.4, 0.5) is 0 Å². The Bertz CT molecular complexity index is 525. The summed E-state index contributed by atoms with van der Waals surface area (Å²) in [5.41, 5.74) is 2.56. The lowest BCUT2D eigenvalue weighted by atomic mass is 10.2. The molecule has 0 atom stereocenters. The minimum atomic E-state index is 0.927. The quantitative estimate of drug-likeness (QED) is 0.775. The average molecular weight is 287 g/mol. The van der Waals surface area contributed by atoms with E-state index in [2.05, 4.69) is 48.6 Å². The molecule has 0 saturated heterocycles. The van der Waals surface area contributed by atoms with Gasteiger partial charge in [0, 0.05) is 22.8 Å². The van der Waals surface area contributed by atoms with Gasteiger partial charge in [-0.05, 0) is 30.3 Å². The van der Waals surface area contributed by atoms with Crippen LogP contribution in [0.1, 0.15) is 18.1 Å². The van der Waals surface area contributed by atoms with Crippen molar-refractivity contribution in [3.05, 3.63) is 59.7 Å². The number of thioether (sulfide) groups is 1. The Morgan fingerprint density at radius 2 is 1.80 bits per heavy atom. The standard InChI is InChI=1S/C17H21NOS/c1-3-18-12-14-8-10-16(11-9-14)20-13-15-6-4-5-7-17(15)19-2/h4-11,18H,3,12-13H2,1-2H3. The molecule has 0 aromatic heterocycles. The Labute approximate surface area is 125 Å². The first-order chi connectivity index (χ1) is 9.83. The SMILES string of the molecule is CCNCc1ccc(SCc2ccccc2OC)cc1. The summed E-state index contributed by atoms with van der Waals surface area (Å²) in [5, 5.41) is 3.33. The summed E-state index contributed by atoms with van der Waals surface area (Å²) in [7, 11) is 1.72. The predicted molar refractivity (Wildman–Crippen MR) is 86.4 cm³/mol. The molecule has 20 heavy (non-hydrogen) atoms. The number of benzene rings is 2. The first-order valence-electron chi connectivity index (χ1n) is 6.88. The minimum Gasteiger partial charge on any atom is -0.496 e. The first-order valence-corrected chi connectivity index (χ1v) is 7.86. The fraction of sp³-hybridized carbons (Fsp3) is 0.294. The second-order valence-corrected chi connectivity index (χ2v) is 5.57. The second-order valence-electron chi connectivity index (χ2n) is 4.52. The molecule has 0 saturated carbocycles. The molecule has 0 radical (unpaired) electrons. The van der Waals surface area contributed by atoms with Gasteiger partial charge >= 0.3 is 0 Å². The van der Waals surface area contributed by atoms with Gasteiger partial charge in [0.1, 0.15) is 5.75 Å². The van der Waals surface area contributed by atoms with Crippen molar-refractivity contribution in [2.75, 3.05) is 13.7 Å². The van der Waals surface area contributed by atoms with E-state index in [4.69, 9.17) is 4.74 Å². The van der Waals surface area contributed by atoms with E-state index in [9.17, 15) is 0 Å². The molecule has 3 heteroatoms. The summed E-state index contributed by atoms with van der Waals surface area (Å²) < 4.78 is 5.38. The highest BCUT2D eigenvalue weighted by atomic mass is 32.2. The highest BCUT2D eigenvalue weighted by molar-refractivity contribution is 7.98. The van der Waals surface area contributed by atoms with Gasteiger partial charge in [-0.3, -0.25) is 0 Å². The van der Waals surface area contributed by atoms with Gasteiger partial charge in [0.25, 0.3) is 0 Å². The zero-order chi connectivity index (χ0) is 14.2. The lowest BCUT2D eigenvalue weighted by Gasteiger charge is -2.08. The van der Waals surface area contributed by atoms with Crippen LogP contribution in [0.15, 0.2) is 53.4 Å². The van der Waals surface area contributed by atoms with E-state index in [1.807, 2.05) is 23.9 Å². The fourth-order valence-corrected chi connectivity index (χ4v) is 2.85. The van der Waals surface area contributed by atoms with Crippen LogP contribution in [0.25, 0.3) is 0 Å². The number of ether oxygens (including phenoxy) is 1. The molecule has 2 aromatic rings. The summed E-state index contributed by atoms with van der Waals surface area (Å²) in [5.74, 6) is 1.89. The number of nitrogens with one attached hydrogen (secondary N) is 1. The van der Waals surface area contributed by atoms with Crippen LogP contribution in [0.5, 0.6) is 5.75 Å². The molecule has 0 fully saturated rings. The van der Waals surface area contributed by atoms with Crippen LogP contribution >= 0.6 is 11.8 Å². The number of methoxy groups -OCH3 is 1. The van der Waals surface area contributed by atoms with Crippen molar-refractivity contribution in [3.63, 3.8) is 0 Å². The molecule has 0 heterocycles. The Kier molecular flexibility index (Phi) is 5.96. The van der Waals surface area contributed by atoms with Gasteiger partial charge in [0.05, 0.1) is 7.11 Å².